The molecule has 0 atom stereocenters. The molecule has 0 saturated heterocycles. The van der Waals surface area contributed by atoms with Gasteiger partial charge in [0.2, 0.25) is 0 Å². The van der Waals surface area contributed by atoms with Crippen LogP contribution in [0.25, 0.3) is 6.08 Å². The molecule has 5 heteroatoms. The Hall–Kier alpha value is -2.36. The summed E-state index contributed by atoms with van der Waals surface area (Å²) < 4.78 is 11.6. The van der Waals surface area contributed by atoms with Crippen LogP contribution in [0.15, 0.2) is 59.1 Å². The number of benzene rings is 2. The number of hydrogen-bond donors (Lipinski definition) is 0. The van der Waals surface area contributed by atoms with Crippen LogP contribution < -0.4 is 4.46 Å². The van der Waals surface area contributed by atoms with E-state index >= 15 is 0 Å². The van der Waals surface area contributed by atoms with E-state index in [2.05, 4.69) is 4.74 Å². The fraction of sp³-hybridized carbons (Fsp3) is 0.158. The second-order valence-electron chi connectivity index (χ2n) is 4.76. The average molecular weight is 389 g/mol. The molecule has 2 aromatic carbocycles. The first-order chi connectivity index (χ1) is 11.6. The molecule has 0 N–H and O–H groups in total. The summed E-state index contributed by atoms with van der Waals surface area (Å²) in [6.45, 7) is 2.12. The van der Waals surface area contributed by atoms with Crippen molar-refractivity contribution < 1.29 is 19.1 Å². The fourth-order valence-electron chi connectivity index (χ4n) is 1.93. The zero-order chi connectivity index (χ0) is 17.4. The summed E-state index contributed by atoms with van der Waals surface area (Å²) in [7, 11) is 1.34. The van der Waals surface area contributed by atoms with Gasteiger partial charge in [-0.15, -0.1) is 0 Å². The van der Waals surface area contributed by atoms with Crippen molar-refractivity contribution in [1.82, 2.24) is 0 Å². The van der Waals surface area contributed by atoms with Gasteiger partial charge in [0.05, 0.1) is 0 Å². The van der Waals surface area contributed by atoms with Crippen molar-refractivity contribution in [2.24, 2.45) is 0 Å². The first kappa shape index (κ1) is 18.0. The number of carbonyl (C=O) groups is 2. The Morgan fingerprint density at radius 1 is 1.04 bits per heavy atom. The van der Waals surface area contributed by atoms with Gasteiger partial charge in [0.15, 0.2) is 0 Å². The molecule has 2 aromatic rings. The number of hydrogen-bond acceptors (Lipinski definition) is 4. The Bertz CT molecular complexity index is 721. The van der Waals surface area contributed by atoms with Crippen LogP contribution in [0, 0.1) is 0 Å². The molecule has 0 heterocycles. The fourth-order valence-corrected chi connectivity index (χ4v) is 3.79. The molecule has 0 unspecified atom stereocenters. The molecule has 0 aliphatic rings. The van der Waals surface area contributed by atoms with Crippen molar-refractivity contribution in [3.8, 4) is 0 Å². The van der Waals surface area contributed by atoms with Gasteiger partial charge < -0.3 is 0 Å². The Labute approximate surface area is 147 Å². The van der Waals surface area contributed by atoms with Crippen molar-refractivity contribution >= 4 is 37.4 Å². The normalized spacial score (nSPS) is 11.0. The molecule has 0 saturated carbocycles. The van der Waals surface area contributed by atoms with Gasteiger partial charge in [-0.2, -0.15) is 0 Å². The number of ether oxygens (including phenoxy) is 2. The molecule has 0 amide bonds. The molecule has 0 aromatic heterocycles. The van der Waals surface area contributed by atoms with Crippen molar-refractivity contribution in [2.45, 2.75) is 6.92 Å². The summed E-state index contributed by atoms with van der Waals surface area (Å²) in [4.78, 5) is 23.7. The Kier molecular flexibility index (Phi) is 6.79. The quantitative estimate of drug-likeness (QED) is 0.433. The Balaban J connectivity index is 2.26. The third kappa shape index (κ3) is 5.08. The van der Waals surface area contributed by atoms with E-state index in [1.54, 1.807) is 31.2 Å². The van der Waals surface area contributed by atoms with Gasteiger partial charge in [-0.25, -0.2) is 0 Å². The first-order valence-electron chi connectivity index (χ1n) is 7.44. The third-order valence-corrected chi connectivity index (χ3v) is 5.20. The summed E-state index contributed by atoms with van der Waals surface area (Å²) in [6.07, 6.45) is 1.81. The summed E-state index contributed by atoms with van der Waals surface area (Å²) in [5.41, 5.74) is 1.31. The molecule has 0 radical (unpaired) electrons. The van der Waals surface area contributed by atoms with Gasteiger partial charge in [0.1, 0.15) is 0 Å². The monoisotopic (exact) mass is 390 g/mol. The molecule has 2 rings (SSSR count). The standard InChI is InChI=1S/C19H18O4Se/c1-3-23-19(21)17(24-16-7-5-4-6-8-16)13-14-9-11-15(12-10-14)18(20)22-2/h4-13H,3H2,1-2H3. The first-order valence-corrected chi connectivity index (χ1v) is 9.15. The van der Waals surface area contributed by atoms with Crippen molar-refractivity contribution in [3.63, 3.8) is 0 Å². The van der Waals surface area contributed by atoms with E-state index < -0.39 is 0 Å². The number of rotatable bonds is 6. The van der Waals surface area contributed by atoms with E-state index in [1.807, 2.05) is 36.4 Å². The van der Waals surface area contributed by atoms with Crippen LogP contribution in [-0.2, 0) is 14.3 Å². The third-order valence-electron chi connectivity index (χ3n) is 3.08. The van der Waals surface area contributed by atoms with Gasteiger partial charge in [-0.3, -0.25) is 0 Å². The van der Waals surface area contributed by atoms with Crippen molar-refractivity contribution in [2.75, 3.05) is 13.7 Å². The zero-order valence-electron chi connectivity index (χ0n) is 13.5. The van der Waals surface area contributed by atoms with Crippen LogP contribution in [0.3, 0.4) is 0 Å². The summed E-state index contributed by atoms with van der Waals surface area (Å²) in [5, 5.41) is 0. The molecule has 4 nitrogen and oxygen atoms in total. The minimum absolute atomic E-state index is 0.158. The Morgan fingerprint density at radius 3 is 2.29 bits per heavy atom. The topological polar surface area (TPSA) is 52.6 Å². The van der Waals surface area contributed by atoms with E-state index in [0.29, 0.717) is 16.6 Å². The van der Waals surface area contributed by atoms with Crippen molar-refractivity contribution in [1.29, 1.82) is 0 Å². The Morgan fingerprint density at radius 2 is 1.71 bits per heavy atom. The van der Waals surface area contributed by atoms with Crippen LogP contribution in [0.4, 0.5) is 0 Å². The van der Waals surface area contributed by atoms with E-state index in [1.165, 1.54) is 7.11 Å². The summed E-state index contributed by atoms with van der Waals surface area (Å²) >= 11 is -0.158. The predicted octanol–water partition coefficient (Wildman–Crippen LogP) is 2.41. The molecule has 124 valence electrons. The molecule has 0 aliphatic carbocycles. The number of methoxy groups -OCH3 is 1. The van der Waals surface area contributed by atoms with Crippen LogP contribution >= 0.6 is 0 Å². The van der Waals surface area contributed by atoms with Gasteiger partial charge in [-0.1, -0.05) is 0 Å². The maximum absolute atomic E-state index is 12.2. The van der Waals surface area contributed by atoms with E-state index in [4.69, 9.17) is 4.74 Å². The van der Waals surface area contributed by atoms with Crippen LogP contribution in [0.1, 0.15) is 22.8 Å². The molecular formula is C19H18O4Se. The second-order valence-corrected chi connectivity index (χ2v) is 7.10. The van der Waals surface area contributed by atoms with Gasteiger partial charge in [0, 0.05) is 0 Å². The predicted molar refractivity (Wildman–Crippen MR) is 94.2 cm³/mol. The molecule has 0 aliphatic heterocycles. The van der Waals surface area contributed by atoms with Gasteiger partial charge >= 0.3 is 147 Å². The van der Waals surface area contributed by atoms with Crippen molar-refractivity contribution in [3.05, 3.63) is 70.2 Å². The number of esters is 2. The SMILES string of the molecule is CCOC(=O)C(=Cc1ccc(C(=O)OC)cc1)[Se]c1ccccc1. The molecule has 24 heavy (non-hydrogen) atoms. The van der Waals surface area contributed by atoms with Gasteiger partial charge in [0.25, 0.3) is 0 Å². The van der Waals surface area contributed by atoms with E-state index in [-0.39, 0.29) is 26.9 Å². The zero-order valence-corrected chi connectivity index (χ0v) is 15.2. The number of carbonyl (C=O) groups excluding carboxylic acids is 2. The summed E-state index contributed by atoms with van der Waals surface area (Å²) in [5.74, 6) is -0.692. The molecular weight excluding hydrogens is 371 g/mol. The van der Waals surface area contributed by atoms with Crippen LogP contribution in [-0.4, -0.2) is 40.6 Å². The second kappa shape index (κ2) is 9.06. The molecule has 0 fully saturated rings. The van der Waals surface area contributed by atoms with E-state index in [9.17, 15) is 9.59 Å². The summed E-state index contributed by atoms with van der Waals surface area (Å²) in [6, 6.07) is 16.8. The average Bonchev–Trinajstić information content (AvgIpc) is 2.62. The van der Waals surface area contributed by atoms with Crippen LogP contribution in [0.2, 0.25) is 0 Å². The minimum atomic E-state index is -0.385. The van der Waals surface area contributed by atoms with E-state index in [0.717, 1.165) is 10.0 Å². The van der Waals surface area contributed by atoms with Gasteiger partial charge in [-0.05, 0) is 0 Å². The molecule has 0 spiro atoms. The molecule has 0 bridgehead atoms. The maximum atomic E-state index is 12.2. The van der Waals surface area contributed by atoms with Crippen LogP contribution in [0.5, 0.6) is 0 Å².